The average molecular weight is 685 g/mol. The number of hydrogen-bond donors (Lipinski definition) is 8. The summed E-state index contributed by atoms with van der Waals surface area (Å²) in [6.07, 6.45) is 3.58. The molecule has 0 aliphatic carbocycles. The number of carbonyl (C=O) groups excluding carboxylic acids is 2. The van der Waals surface area contributed by atoms with Gasteiger partial charge in [-0.05, 0) is 72.6 Å². The molecule has 5 rings (SSSR count). The molecule has 0 saturated carbocycles. The van der Waals surface area contributed by atoms with Crippen molar-refractivity contribution < 1.29 is 39.6 Å². The van der Waals surface area contributed by atoms with Crippen LogP contribution in [0.5, 0.6) is 23.0 Å². The van der Waals surface area contributed by atoms with E-state index in [1.807, 2.05) is 12.1 Å². The Morgan fingerprint density at radius 2 is 1.27 bits per heavy atom. The average Bonchev–Trinajstić information content (AvgIpc) is 3.08. The first kappa shape index (κ1) is 34.7. The topological polar surface area (TPSA) is 189 Å². The van der Waals surface area contributed by atoms with E-state index in [4.69, 9.17) is 22.2 Å². The molecule has 1 aliphatic heterocycles. The first-order chi connectivity index (χ1) is 23.6. The molecule has 8 N–H and O–H groups in total. The maximum Gasteiger partial charge on any atom is 0.336 e. The number of phenols is 2. The number of phenolic OH excluding ortho intramolecular Hbond substituents is 2. The van der Waals surface area contributed by atoms with Crippen molar-refractivity contribution in [3.63, 3.8) is 0 Å². The highest BCUT2D eigenvalue weighted by atomic mass is 32.1. The lowest BCUT2D eigenvalue weighted by atomic mass is 9.80. The number of rotatable bonds is 13. The quantitative estimate of drug-likeness (QED) is 0.0298. The summed E-state index contributed by atoms with van der Waals surface area (Å²) in [7, 11) is 0. The van der Waals surface area contributed by atoms with Crippen LogP contribution in [0.1, 0.15) is 77.1 Å². The molecule has 1 heterocycles. The minimum atomic E-state index is -1.14. The van der Waals surface area contributed by atoms with Crippen LogP contribution in [0.4, 0.5) is 11.4 Å². The van der Waals surface area contributed by atoms with E-state index < -0.39 is 17.8 Å². The monoisotopic (exact) mass is 684 g/mol. The SMILES string of the molecule is O=C(CCCCCCC(=O)Nc1ccc(CNC(=S)Nc2ccc(C3c4ccc(O)cc4Oc4cc(O)ccc43)c(C(=O)O)c2)cc1)NO. The number of aromatic carboxylic acids is 1. The number of nitrogens with one attached hydrogen (secondary N) is 4. The number of carboxylic acids is 1. The summed E-state index contributed by atoms with van der Waals surface area (Å²) in [6, 6.07) is 21.6. The van der Waals surface area contributed by atoms with Crippen molar-refractivity contribution in [3.05, 3.63) is 107 Å². The van der Waals surface area contributed by atoms with E-state index in [1.165, 1.54) is 30.3 Å². The van der Waals surface area contributed by atoms with Gasteiger partial charge in [0, 0.05) is 59.9 Å². The van der Waals surface area contributed by atoms with Crippen LogP contribution >= 0.6 is 12.2 Å². The Bertz CT molecular complexity index is 1810. The maximum atomic E-state index is 12.5. The molecule has 1 aliphatic rings. The Balaban J connectivity index is 1.17. The molecule has 4 aromatic carbocycles. The van der Waals surface area contributed by atoms with Gasteiger partial charge in [0.15, 0.2) is 5.11 Å². The fourth-order valence-corrected chi connectivity index (χ4v) is 5.85. The third-order valence-electron chi connectivity index (χ3n) is 8.06. The van der Waals surface area contributed by atoms with Crippen molar-refractivity contribution in [2.24, 2.45) is 0 Å². The molecule has 0 atom stereocenters. The highest BCUT2D eigenvalue weighted by Gasteiger charge is 2.32. The van der Waals surface area contributed by atoms with Crippen LogP contribution in [0.3, 0.4) is 0 Å². The summed E-state index contributed by atoms with van der Waals surface area (Å²) in [6.45, 7) is 0.383. The Labute approximate surface area is 287 Å². The van der Waals surface area contributed by atoms with E-state index in [2.05, 4.69) is 16.0 Å². The lowest BCUT2D eigenvalue weighted by Gasteiger charge is -2.30. The van der Waals surface area contributed by atoms with Crippen molar-refractivity contribution in [2.45, 2.75) is 51.0 Å². The molecule has 0 spiro atoms. The third kappa shape index (κ3) is 9.03. The molecule has 4 aromatic rings. The lowest BCUT2D eigenvalue weighted by molar-refractivity contribution is -0.129. The van der Waals surface area contributed by atoms with Crippen LogP contribution in [0.2, 0.25) is 0 Å². The molecular weight excluding hydrogens is 648 g/mol. The molecule has 12 nitrogen and oxygen atoms in total. The highest BCUT2D eigenvalue weighted by Crippen LogP contribution is 2.49. The van der Waals surface area contributed by atoms with E-state index in [-0.39, 0.29) is 34.5 Å². The van der Waals surface area contributed by atoms with Gasteiger partial charge in [-0.15, -0.1) is 0 Å². The second kappa shape index (κ2) is 16.0. The Morgan fingerprint density at radius 1 is 0.694 bits per heavy atom. The van der Waals surface area contributed by atoms with Gasteiger partial charge in [0.25, 0.3) is 0 Å². The van der Waals surface area contributed by atoms with Gasteiger partial charge in [0.2, 0.25) is 11.8 Å². The molecule has 13 heteroatoms. The number of hydroxylamine groups is 1. The van der Waals surface area contributed by atoms with Crippen LogP contribution < -0.4 is 26.2 Å². The first-order valence-corrected chi connectivity index (χ1v) is 16.1. The Kier molecular flexibility index (Phi) is 11.3. The molecule has 254 valence electrons. The van der Waals surface area contributed by atoms with Gasteiger partial charge in [0.1, 0.15) is 23.0 Å². The van der Waals surface area contributed by atoms with E-state index in [1.54, 1.807) is 41.9 Å². The molecule has 0 radical (unpaired) electrons. The van der Waals surface area contributed by atoms with Crippen LogP contribution in [0.25, 0.3) is 0 Å². The number of benzene rings is 4. The molecule has 0 saturated heterocycles. The summed E-state index contributed by atoms with van der Waals surface area (Å²) in [5.74, 6) is -1.49. The fraction of sp³-hybridized carbons (Fsp3) is 0.222. The van der Waals surface area contributed by atoms with E-state index in [9.17, 15) is 29.7 Å². The van der Waals surface area contributed by atoms with Crippen molar-refractivity contribution in [2.75, 3.05) is 10.6 Å². The molecule has 0 aromatic heterocycles. The number of hydrogen-bond acceptors (Lipinski definition) is 8. The normalized spacial score (nSPS) is 11.8. The van der Waals surface area contributed by atoms with Gasteiger partial charge >= 0.3 is 5.97 Å². The van der Waals surface area contributed by atoms with E-state index in [0.29, 0.717) is 65.4 Å². The van der Waals surface area contributed by atoms with Gasteiger partial charge in [-0.25, -0.2) is 10.3 Å². The van der Waals surface area contributed by atoms with Crippen LogP contribution in [0, 0.1) is 0 Å². The standard InChI is InChI=1S/C36H36N4O8S/c41-24-12-15-27-30(18-24)48-31-19-25(42)13-16-28(31)34(27)26-14-11-23(17-29(26)35(45)46)39-36(49)37-20-21-7-9-22(10-8-21)38-32(43)5-3-1-2-4-6-33(44)40-47/h7-19,34,41-42,47H,1-6,20H2,(H,38,43)(H,40,44)(H,45,46)(H2,37,39,49). The number of aromatic hydroxyl groups is 2. The van der Waals surface area contributed by atoms with Gasteiger partial charge in [-0.1, -0.05) is 43.2 Å². The van der Waals surface area contributed by atoms with Crippen molar-refractivity contribution in [1.82, 2.24) is 10.8 Å². The van der Waals surface area contributed by atoms with Crippen molar-refractivity contribution in [1.29, 1.82) is 0 Å². The smallest absolute Gasteiger partial charge is 0.336 e. The molecule has 2 amide bonds. The number of carbonyl (C=O) groups is 3. The zero-order valence-corrected chi connectivity index (χ0v) is 27.2. The van der Waals surface area contributed by atoms with Crippen molar-refractivity contribution in [3.8, 4) is 23.0 Å². The number of thiocarbonyl (C=S) groups is 1. The Morgan fingerprint density at radius 3 is 1.86 bits per heavy atom. The number of carboxylic acid groups (broad SMARTS) is 1. The van der Waals surface area contributed by atoms with Crippen LogP contribution in [-0.2, 0) is 16.1 Å². The van der Waals surface area contributed by atoms with Gasteiger partial charge in [-0.2, -0.15) is 0 Å². The number of ether oxygens (including phenoxy) is 1. The lowest BCUT2D eigenvalue weighted by Crippen LogP contribution is -2.28. The van der Waals surface area contributed by atoms with Crippen LogP contribution in [-0.4, -0.2) is 43.4 Å². The minimum Gasteiger partial charge on any atom is -0.508 e. The number of anilines is 2. The second-order valence-corrected chi connectivity index (χ2v) is 12.0. The summed E-state index contributed by atoms with van der Waals surface area (Å²) < 4.78 is 5.95. The van der Waals surface area contributed by atoms with Gasteiger partial charge in [0.05, 0.1) is 5.56 Å². The number of unbranched alkanes of at least 4 members (excludes halogenated alkanes) is 3. The maximum absolute atomic E-state index is 12.5. The summed E-state index contributed by atoms with van der Waals surface area (Å²) in [4.78, 5) is 35.8. The largest absolute Gasteiger partial charge is 0.508 e. The molecule has 0 fully saturated rings. The molecule has 49 heavy (non-hydrogen) atoms. The molecule has 0 bridgehead atoms. The van der Waals surface area contributed by atoms with E-state index in [0.717, 1.165) is 18.4 Å². The van der Waals surface area contributed by atoms with Crippen LogP contribution in [0.15, 0.2) is 78.9 Å². The molecule has 0 unspecified atom stereocenters. The summed E-state index contributed by atoms with van der Waals surface area (Å²) in [5, 5.41) is 48.2. The van der Waals surface area contributed by atoms with Crippen molar-refractivity contribution >= 4 is 46.5 Å². The Hall–Kier alpha value is -5.66. The first-order valence-electron chi connectivity index (χ1n) is 15.7. The predicted molar refractivity (Wildman–Crippen MR) is 186 cm³/mol. The zero-order valence-electron chi connectivity index (χ0n) is 26.4. The van der Waals surface area contributed by atoms with E-state index >= 15 is 0 Å². The number of fused-ring (bicyclic) bond motifs is 2. The van der Waals surface area contributed by atoms with Gasteiger partial charge in [-0.3, -0.25) is 14.8 Å². The third-order valence-corrected chi connectivity index (χ3v) is 8.31. The summed E-state index contributed by atoms with van der Waals surface area (Å²) >= 11 is 5.48. The van der Waals surface area contributed by atoms with Gasteiger partial charge < -0.3 is 36.0 Å². The molecular formula is C36H36N4O8S. The number of amides is 2. The summed E-state index contributed by atoms with van der Waals surface area (Å²) in [5.41, 5.74) is 5.52. The zero-order chi connectivity index (χ0) is 34.9. The fourth-order valence-electron chi connectivity index (χ4n) is 5.66. The highest BCUT2D eigenvalue weighted by molar-refractivity contribution is 7.80. The minimum absolute atomic E-state index is 0.00763. The second-order valence-electron chi connectivity index (χ2n) is 11.6. The predicted octanol–water partition coefficient (Wildman–Crippen LogP) is 6.35.